The number of nitrogens with zero attached hydrogens (tertiary/aromatic N) is 1. The maximum atomic E-state index is 11.9. The maximum Gasteiger partial charge on any atom is 0.155 e. The van der Waals surface area contributed by atoms with E-state index in [0.717, 1.165) is 21.8 Å². The van der Waals surface area contributed by atoms with Gasteiger partial charge in [-0.25, -0.2) is 0 Å². The minimum absolute atomic E-state index is 0.142. The normalized spacial score (nSPS) is 12.9. The Hall–Kier alpha value is -1.09. The molecular weight excluding hydrogens is 278 g/mol. The van der Waals surface area contributed by atoms with Gasteiger partial charge < -0.3 is 4.57 Å². The highest BCUT2D eigenvalue weighted by Crippen LogP contribution is 2.21. The van der Waals surface area contributed by atoms with Gasteiger partial charge in [0.05, 0.1) is 6.54 Å². The molecule has 2 nitrogen and oxygen atoms in total. The van der Waals surface area contributed by atoms with Gasteiger partial charge in [0, 0.05) is 27.5 Å². The van der Waals surface area contributed by atoms with Crippen molar-refractivity contribution < 1.29 is 4.79 Å². The molecule has 3 heteroatoms. The summed E-state index contributed by atoms with van der Waals surface area (Å²) >= 11 is 3.45. The Kier molecular flexibility index (Phi) is 3.67. The molecule has 0 fully saturated rings. The van der Waals surface area contributed by atoms with E-state index in [-0.39, 0.29) is 5.92 Å². The summed E-state index contributed by atoms with van der Waals surface area (Å²) in [6.45, 7) is 4.51. The lowest BCUT2D eigenvalue weighted by Gasteiger charge is -2.09. The molecule has 90 valence electrons. The SMILES string of the molecule is CCC(C)C(=O)Cn1ccc2cc(Br)ccc21. The van der Waals surface area contributed by atoms with Gasteiger partial charge >= 0.3 is 0 Å². The van der Waals surface area contributed by atoms with Crippen LogP contribution in [0.2, 0.25) is 0 Å². The Morgan fingerprint density at radius 2 is 2.18 bits per heavy atom. The van der Waals surface area contributed by atoms with Crippen LogP contribution in [0.15, 0.2) is 34.9 Å². The van der Waals surface area contributed by atoms with E-state index in [1.165, 1.54) is 0 Å². The number of hydrogen-bond acceptors (Lipinski definition) is 1. The topological polar surface area (TPSA) is 22.0 Å². The Morgan fingerprint density at radius 1 is 1.41 bits per heavy atom. The lowest BCUT2D eigenvalue weighted by atomic mass is 10.0. The Labute approximate surface area is 110 Å². The standard InChI is InChI=1S/C14H16BrNO/c1-3-10(2)14(17)9-16-7-6-11-8-12(15)4-5-13(11)16/h4-8,10H,3,9H2,1-2H3. The summed E-state index contributed by atoms with van der Waals surface area (Å²) in [4.78, 5) is 11.9. The zero-order valence-corrected chi connectivity index (χ0v) is 11.7. The third kappa shape index (κ3) is 2.60. The molecule has 0 aliphatic heterocycles. The van der Waals surface area contributed by atoms with Gasteiger partial charge in [-0.3, -0.25) is 4.79 Å². The number of ketones is 1. The molecule has 2 rings (SSSR count). The molecule has 0 aliphatic carbocycles. The van der Waals surface area contributed by atoms with Crippen LogP contribution in [0.5, 0.6) is 0 Å². The maximum absolute atomic E-state index is 11.9. The van der Waals surface area contributed by atoms with E-state index in [4.69, 9.17) is 0 Å². The van der Waals surface area contributed by atoms with Crippen LogP contribution in [0.4, 0.5) is 0 Å². The van der Waals surface area contributed by atoms with Crippen LogP contribution in [0, 0.1) is 5.92 Å². The molecule has 1 unspecified atom stereocenters. The van der Waals surface area contributed by atoms with Crippen molar-refractivity contribution in [1.82, 2.24) is 4.57 Å². The van der Waals surface area contributed by atoms with Crippen LogP contribution in [0.1, 0.15) is 20.3 Å². The van der Waals surface area contributed by atoms with Crippen LogP contribution >= 0.6 is 15.9 Å². The number of halogens is 1. The molecule has 0 radical (unpaired) electrons. The van der Waals surface area contributed by atoms with Gasteiger partial charge in [0.1, 0.15) is 0 Å². The smallest absolute Gasteiger partial charge is 0.155 e. The van der Waals surface area contributed by atoms with Gasteiger partial charge in [-0.2, -0.15) is 0 Å². The Morgan fingerprint density at radius 3 is 2.88 bits per heavy atom. The molecule has 0 amide bonds. The van der Waals surface area contributed by atoms with Crippen molar-refractivity contribution in [3.05, 3.63) is 34.9 Å². The van der Waals surface area contributed by atoms with Gasteiger partial charge in [-0.1, -0.05) is 29.8 Å². The fourth-order valence-electron chi connectivity index (χ4n) is 1.86. The van der Waals surface area contributed by atoms with E-state index >= 15 is 0 Å². The number of carbonyl (C=O) groups is 1. The van der Waals surface area contributed by atoms with Crippen LogP contribution in [-0.2, 0) is 11.3 Å². The molecule has 1 aromatic carbocycles. The second kappa shape index (κ2) is 5.05. The number of rotatable bonds is 4. The van der Waals surface area contributed by atoms with Crippen molar-refractivity contribution in [3.8, 4) is 0 Å². The van der Waals surface area contributed by atoms with Crippen molar-refractivity contribution in [2.75, 3.05) is 0 Å². The average molecular weight is 294 g/mol. The summed E-state index contributed by atoms with van der Waals surface area (Å²) in [5.74, 6) is 0.441. The first kappa shape index (κ1) is 12.4. The van der Waals surface area contributed by atoms with Crippen LogP contribution in [0.25, 0.3) is 10.9 Å². The van der Waals surface area contributed by atoms with Crippen molar-refractivity contribution in [3.63, 3.8) is 0 Å². The lowest BCUT2D eigenvalue weighted by Crippen LogP contribution is -2.16. The summed E-state index contributed by atoms with van der Waals surface area (Å²) in [6.07, 6.45) is 2.89. The second-order valence-electron chi connectivity index (χ2n) is 4.42. The Bertz CT molecular complexity index is 544. The highest BCUT2D eigenvalue weighted by molar-refractivity contribution is 9.10. The van der Waals surface area contributed by atoms with Gasteiger partial charge in [0.2, 0.25) is 0 Å². The highest BCUT2D eigenvalue weighted by atomic mass is 79.9. The number of fused-ring (bicyclic) bond motifs is 1. The average Bonchev–Trinajstić information content (AvgIpc) is 2.70. The first-order valence-corrected chi connectivity index (χ1v) is 6.68. The van der Waals surface area contributed by atoms with Crippen molar-refractivity contribution in [1.29, 1.82) is 0 Å². The molecule has 1 atom stereocenters. The minimum atomic E-state index is 0.142. The molecule has 0 saturated heterocycles. The monoisotopic (exact) mass is 293 g/mol. The van der Waals surface area contributed by atoms with Gasteiger partial charge in [0.25, 0.3) is 0 Å². The molecule has 0 aliphatic rings. The third-order valence-corrected chi connectivity index (χ3v) is 3.71. The quantitative estimate of drug-likeness (QED) is 0.834. The number of carbonyl (C=O) groups excluding carboxylic acids is 1. The van der Waals surface area contributed by atoms with Crippen molar-refractivity contribution in [2.24, 2.45) is 5.92 Å². The largest absolute Gasteiger partial charge is 0.340 e. The molecule has 0 saturated carbocycles. The molecule has 0 N–H and O–H groups in total. The number of Topliss-reactive ketones (excluding diaryl/α,β-unsaturated/α-hetero) is 1. The molecule has 17 heavy (non-hydrogen) atoms. The van der Waals surface area contributed by atoms with E-state index in [0.29, 0.717) is 12.3 Å². The van der Waals surface area contributed by atoms with Crippen LogP contribution < -0.4 is 0 Å². The molecule has 0 spiro atoms. The van der Waals surface area contributed by atoms with Crippen LogP contribution in [0.3, 0.4) is 0 Å². The van der Waals surface area contributed by atoms with E-state index in [2.05, 4.69) is 22.0 Å². The molecule has 2 aromatic rings. The molecular formula is C14H16BrNO. The van der Waals surface area contributed by atoms with Crippen molar-refractivity contribution in [2.45, 2.75) is 26.8 Å². The summed E-state index contributed by atoms with van der Waals surface area (Å²) in [6, 6.07) is 8.17. The fourth-order valence-corrected chi connectivity index (χ4v) is 2.24. The first-order valence-electron chi connectivity index (χ1n) is 5.89. The van der Waals surface area contributed by atoms with Crippen molar-refractivity contribution >= 4 is 32.6 Å². The number of aromatic nitrogens is 1. The summed E-state index contributed by atoms with van der Waals surface area (Å²) in [7, 11) is 0. The second-order valence-corrected chi connectivity index (χ2v) is 5.34. The first-order chi connectivity index (χ1) is 8.11. The molecule has 1 heterocycles. The minimum Gasteiger partial charge on any atom is -0.340 e. The van der Waals surface area contributed by atoms with Gasteiger partial charge in [-0.15, -0.1) is 0 Å². The van der Waals surface area contributed by atoms with Gasteiger partial charge in [0.15, 0.2) is 5.78 Å². The highest BCUT2D eigenvalue weighted by Gasteiger charge is 2.12. The summed E-state index contributed by atoms with van der Waals surface area (Å²) < 4.78 is 3.09. The van der Waals surface area contributed by atoms with E-state index in [1.54, 1.807) is 0 Å². The summed E-state index contributed by atoms with van der Waals surface area (Å²) in [5, 5.41) is 1.16. The van der Waals surface area contributed by atoms with E-state index < -0.39 is 0 Å². The molecule has 1 aromatic heterocycles. The van der Waals surface area contributed by atoms with Crippen LogP contribution in [-0.4, -0.2) is 10.4 Å². The third-order valence-electron chi connectivity index (χ3n) is 3.22. The fraction of sp³-hybridized carbons (Fsp3) is 0.357. The summed E-state index contributed by atoms with van der Waals surface area (Å²) in [5.41, 5.74) is 1.12. The van der Waals surface area contributed by atoms with Gasteiger partial charge in [-0.05, 0) is 30.7 Å². The zero-order valence-electron chi connectivity index (χ0n) is 10.1. The predicted molar refractivity (Wildman–Crippen MR) is 74.1 cm³/mol. The van der Waals surface area contributed by atoms with E-state index in [9.17, 15) is 4.79 Å². The Balaban J connectivity index is 2.28. The number of benzene rings is 1. The predicted octanol–water partition coefficient (Wildman–Crippen LogP) is 4.02. The zero-order chi connectivity index (χ0) is 12.4. The molecule has 0 bridgehead atoms. The number of hydrogen-bond donors (Lipinski definition) is 0. The van der Waals surface area contributed by atoms with E-state index in [1.807, 2.05) is 42.8 Å². The lowest BCUT2D eigenvalue weighted by molar-refractivity contribution is -0.122.